The highest BCUT2D eigenvalue weighted by Gasteiger charge is 2.31. The molecule has 0 aliphatic heterocycles. The van der Waals surface area contributed by atoms with Gasteiger partial charge >= 0.3 is 17.9 Å². The number of carboxylic acid groups (broad SMARTS) is 1. The van der Waals surface area contributed by atoms with E-state index in [4.69, 9.17) is 14.2 Å². The van der Waals surface area contributed by atoms with Gasteiger partial charge in [-0.2, -0.15) is 0 Å². The summed E-state index contributed by atoms with van der Waals surface area (Å²) in [5.41, 5.74) is 0. The van der Waals surface area contributed by atoms with Crippen LogP contribution in [0.2, 0.25) is 0 Å². The van der Waals surface area contributed by atoms with Crippen LogP contribution in [-0.4, -0.2) is 80.6 Å². The molecule has 0 fully saturated rings. The van der Waals surface area contributed by atoms with Gasteiger partial charge in [-0.1, -0.05) is 132 Å². The van der Waals surface area contributed by atoms with Crippen molar-refractivity contribution >= 4 is 17.9 Å². The second kappa shape index (κ2) is 36.7. The molecule has 2 unspecified atom stereocenters. The van der Waals surface area contributed by atoms with Crippen LogP contribution < -0.4 is 0 Å². The Morgan fingerprint density at radius 1 is 0.556 bits per heavy atom. The van der Waals surface area contributed by atoms with Gasteiger partial charge < -0.3 is 23.8 Å². The Labute approximate surface area is 330 Å². The molecular weight excluding hydrogens is 679 g/mol. The quantitative estimate of drug-likeness (QED) is 0.0294. The van der Waals surface area contributed by atoms with Gasteiger partial charge in [0.05, 0.1) is 34.4 Å². The lowest BCUT2D eigenvalue weighted by Gasteiger charge is -2.31. The summed E-state index contributed by atoms with van der Waals surface area (Å²) in [5, 5.41) is 9.60. The Hall–Kier alpha value is -3.23. The number of ether oxygens (including phenoxy) is 3. The number of esters is 2. The van der Waals surface area contributed by atoms with Crippen LogP contribution in [0.1, 0.15) is 149 Å². The van der Waals surface area contributed by atoms with Crippen molar-refractivity contribution in [1.29, 1.82) is 0 Å². The normalized spacial score (nSPS) is 13.7. The number of carbonyl (C=O) groups is 3. The van der Waals surface area contributed by atoms with Crippen LogP contribution in [0.4, 0.5) is 0 Å². The van der Waals surface area contributed by atoms with Gasteiger partial charge in [0.25, 0.3) is 0 Å². The minimum atomic E-state index is -0.893. The van der Waals surface area contributed by atoms with Crippen LogP contribution in [0.5, 0.6) is 0 Å². The molecule has 0 spiro atoms. The first-order valence-corrected chi connectivity index (χ1v) is 21.0. The number of carbonyl (C=O) groups excluding carboxylic acids is 2. The van der Waals surface area contributed by atoms with E-state index in [0.717, 1.165) is 38.5 Å². The third-order valence-corrected chi connectivity index (χ3v) is 8.84. The van der Waals surface area contributed by atoms with Crippen molar-refractivity contribution in [3.05, 3.63) is 72.9 Å². The van der Waals surface area contributed by atoms with E-state index in [-0.39, 0.29) is 43.1 Å². The van der Waals surface area contributed by atoms with Crippen LogP contribution >= 0.6 is 0 Å². The number of unbranched alkanes of at least 4 members (excludes halogenated alkanes) is 10. The number of likely N-dealkylation sites (N-methyl/N-ethyl adjacent to an activating group) is 1. The van der Waals surface area contributed by atoms with Crippen molar-refractivity contribution in [2.24, 2.45) is 0 Å². The fraction of sp³-hybridized carbons (Fsp3) is 0.674. The number of hydrogen-bond donors (Lipinski definition) is 1. The predicted octanol–water partition coefficient (Wildman–Crippen LogP) is 11.2. The number of hydrogen-bond acceptors (Lipinski definition) is 6. The van der Waals surface area contributed by atoms with Crippen LogP contribution in [-0.2, 0) is 28.6 Å². The maximum absolute atomic E-state index is 12.6. The molecule has 0 aromatic heterocycles. The molecule has 0 aliphatic rings. The first-order chi connectivity index (χ1) is 26.1. The van der Waals surface area contributed by atoms with Crippen molar-refractivity contribution in [2.45, 2.75) is 161 Å². The molecule has 0 bridgehead atoms. The van der Waals surface area contributed by atoms with Gasteiger partial charge in [0.2, 0.25) is 0 Å². The van der Waals surface area contributed by atoms with Crippen LogP contribution in [0.25, 0.3) is 0 Å². The first kappa shape index (κ1) is 50.8. The lowest BCUT2D eigenvalue weighted by atomic mass is 10.1. The van der Waals surface area contributed by atoms with Gasteiger partial charge in [0.1, 0.15) is 6.61 Å². The SMILES string of the molecule is CCCCC/C=C/C/C=C/C/C=C/C/C=C/CCCC(=O)OCC(COCCC(C(=O)O)[N+](C)(C)C)OC(=O)CC/C=C/C/C=C/CCCCCCCC. The molecule has 2 atom stereocenters. The van der Waals surface area contributed by atoms with E-state index < -0.39 is 24.1 Å². The van der Waals surface area contributed by atoms with Crippen molar-refractivity contribution in [3.8, 4) is 0 Å². The maximum Gasteiger partial charge on any atom is 0.362 e. The summed E-state index contributed by atoms with van der Waals surface area (Å²) in [5.74, 6) is -1.64. The molecule has 0 heterocycles. The number of quaternary nitrogens is 1. The highest BCUT2D eigenvalue weighted by atomic mass is 16.6. The van der Waals surface area contributed by atoms with Gasteiger partial charge in [0, 0.05) is 19.3 Å². The average molecular weight is 757 g/mol. The fourth-order valence-electron chi connectivity index (χ4n) is 5.55. The number of carboxylic acids is 1. The second-order valence-electron chi connectivity index (χ2n) is 14.9. The summed E-state index contributed by atoms with van der Waals surface area (Å²) in [6, 6.07) is -0.634. The smallest absolute Gasteiger partial charge is 0.362 e. The van der Waals surface area contributed by atoms with E-state index in [2.05, 4.69) is 80.7 Å². The van der Waals surface area contributed by atoms with Gasteiger partial charge in [0.15, 0.2) is 12.1 Å². The van der Waals surface area contributed by atoms with Gasteiger partial charge in [-0.15, -0.1) is 0 Å². The molecule has 0 aliphatic carbocycles. The zero-order valence-corrected chi connectivity index (χ0v) is 34.9. The van der Waals surface area contributed by atoms with E-state index in [9.17, 15) is 19.5 Å². The van der Waals surface area contributed by atoms with Crippen LogP contribution in [0.3, 0.4) is 0 Å². The molecule has 308 valence electrons. The number of allylic oxidation sites excluding steroid dienone is 12. The Kier molecular flexibility index (Phi) is 34.5. The molecule has 0 aromatic carbocycles. The fourth-order valence-corrected chi connectivity index (χ4v) is 5.55. The molecule has 1 N–H and O–H groups in total. The standard InChI is InChI=1S/C46H77NO7/c1-6-8-10-12-14-16-18-20-21-22-23-25-26-28-30-32-34-36-44(48)53-41-42(40-52-39-38-43(46(50)51)47(3,4)5)54-45(49)37-35-33-31-29-27-24-19-17-15-13-11-9-7-2/h14,16,20-21,23-25,27-28,30-31,33,42-43H,6-13,15,17-19,22,26,29,32,34-41H2,1-5H3/p+1/b16-14+,21-20+,25-23+,27-24+,30-28+,33-31+. The predicted molar refractivity (Wildman–Crippen MR) is 224 cm³/mol. The molecule has 0 radical (unpaired) electrons. The minimum absolute atomic E-state index is 0.0178. The lowest BCUT2D eigenvalue weighted by Crippen LogP contribution is -2.50. The number of nitrogens with zero attached hydrogens (tertiary/aromatic N) is 1. The molecule has 0 aromatic rings. The summed E-state index contributed by atoms with van der Waals surface area (Å²) >= 11 is 0. The summed E-state index contributed by atoms with van der Waals surface area (Å²) in [7, 11) is 5.48. The van der Waals surface area contributed by atoms with Crippen molar-refractivity contribution < 1.29 is 38.2 Å². The second-order valence-corrected chi connectivity index (χ2v) is 14.9. The maximum atomic E-state index is 12.6. The van der Waals surface area contributed by atoms with Crippen molar-refractivity contribution in [2.75, 3.05) is 41.0 Å². The van der Waals surface area contributed by atoms with Crippen LogP contribution in [0, 0.1) is 0 Å². The van der Waals surface area contributed by atoms with E-state index in [1.165, 1.54) is 64.2 Å². The lowest BCUT2D eigenvalue weighted by molar-refractivity contribution is -0.887. The van der Waals surface area contributed by atoms with Crippen molar-refractivity contribution in [3.63, 3.8) is 0 Å². The topological polar surface area (TPSA) is 99.1 Å². The zero-order valence-electron chi connectivity index (χ0n) is 34.9. The van der Waals surface area contributed by atoms with E-state index in [1.54, 1.807) is 0 Å². The summed E-state index contributed by atoms with van der Waals surface area (Å²) in [6.45, 7) is 4.55. The number of rotatable bonds is 36. The molecule has 8 heteroatoms. The molecule has 0 amide bonds. The molecule has 54 heavy (non-hydrogen) atoms. The molecular formula is C46H78NO7+. The summed E-state index contributed by atoms with van der Waals surface area (Å²) in [6.07, 6.45) is 45.4. The monoisotopic (exact) mass is 757 g/mol. The average Bonchev–Trinajstić information content (AvgIpc) is 3.12. The van der Waals surface area contributed by atoms with Gasteiger partial charge in [-0.25, -0.2) is 4.79 Å². The van der Waals surface area contributed by atoms with Crippen molar-refractivity contribution in [1.82, 2.24) is 0 Å². The van der Waals surface area contributed by atoms with Gasteiger partial charge in [-0.3, -0.25) is 9.59 Å². The third kappa shape index (κ3) is 34.5. The first-order valence-electron chi connectivity index (χ1n) is 21.0. The number of aliphatic carboxylic acids is 1. The van der Waals surface area contributed by atoms with E-state index in [0.29, 0.717) is 19.3 Å². The minimum Gasteiger partial charge on any atom is -0.477 e. The van der Waals surface area contributed by atoms with Crippen LogP contribution in [0.15, 0.2) is 72.9 Å². The van der Waals surface area contributed by atoms with Gasteiger partial charge in [-0.05, 0) is 70.6 Å². The van der Waals surface area contributed by atoms with E-state index >= 15 is 0 Å². The summed E-state index contributed by atoms with van der Waals surface area (Å²) in [4.78, 5) is 36.8. The highest BCUT2D eigenvalue weighted by molar-refractivity contribution is 5.72. The Balaban J connectivity index is 4.55. The highest BCUT2D eigenvalue weighted by Crippen LogP contribution is 2.11. The Bertz CT molecular complexity index is 1110. The zero-order chi connectivity index (χ0) is 40.0. The third-order valence-electron chi connectivity index (χ3n) is 8.84. The molecule has 8 nitrogen and oxygen atoms in total. The largest absolute Gasteiger partial charge is 0.477 e. The molecule has 0 saturated heterocycles. The molecule has 0 saturated carbocycles. The Morgan fingerprint density at radius 3 is 1.56 bits per heavy atom. The Morgan fingerprint density at radius 2 is 1.02 bits per heavy atom. The molecule has 0 rings (SSSR count). The van der Waals surface area contributed by atoms with E-state index in [1.807, 2.05) is 27.2 Å². The summed E-state index contributed by atoms with van der Waals surface area (Å²) < 4.78 is 17.1.